The summed E-state index contributed by atoms with van der Waals surface area (Å²) in [6.07, 6.45) is 1.18. The summed E-state index contributed by atoms with van der Waals surface area (Å²) < 4.78 is 0. The Labute approximate surface area is 115 Å². The summed E-state index contributed by atoms with van der Waals surface area (Å²) >= 11 is 6.28. The number of likely N-dealkylation sites (N-methyl/N-ethyl adjacent to an activating group) is 1. The van der Waals surface area contributed by atoms with Crippen molar-refractivity contribution in [2.75, 3.05) is 37.9 Å². The Morgan fingerprint density at radius 3 is 2.67 bits per heavy atom. The standard InChI is InChI=1S/C14H22ClN3/c1-10-8-11(9-18(10)4)16-13-7-5-6-12(15)14(13)17(2)3/h5-7,10-11,16H,8-9H2,1-4H3. The molecule has 0 spiro atoms. The van der Waals surface area contributed by atoms with Gasteiger partial charge in [0.2, 0.25) is 0 Å². The van der Waals surface area contributed by atoms with Gasteiger partial charge in [-0.15, -0.1) is 0 Å². The van der Waals surface area contributed by atoms with E-state index in [0.29, 0.717) is 12.1 Å². The van der Waals surface area contributed by atoms with Gasteiger partial charge in [0.15, 0.2) is 0 Å². The lowest BCUT2D eigenvalue weighted by Crippen LogP contribution is -2.25. The van der Waals surface area contributed by atoms with Crippen molar-refractivity contribution in [1.29, 1.82) is 0 Å². The van der Waals surface area contributed by atoms with Crippen LogP contribution in [-0.4, -0.2) is 44.7 Å². The highest BCUT2D eigenvalue weighted by Gasteiger charge is 2.26. The van der Waals surface area contributed by atoms with Gasteiger partial charge in [-0.05, 0) is 32.5 Å². The molecule has 0 aliphatic carbocycles. The lowest BCUT2D eigenvalue weighted by atomic mass is 10.1. The Balaban J connectivity index is 2.17. The number of nitrogens with one attached hydrogen (secondary N) is 1. The Morgan fingerprint density at radius 1 is 1.39 bits per heavy atom. The van der Waals surface area contributed by atoms with E-state index in [-0.39, 0.29) is 0 Å². The number of nitrogens with zero attached hydrogens (tertiary/aromatic N) is 2. The molecule has 1 N–H and O–H groups in total. The highest BCUT2D eigenvalue weighted by molar-refractivity contribution is 6.34. The number of para-hydroxylation sites is 1. The van der Waals surface area contributed by atoms with Gasteiger partial charge in [-0.3, -0.25) is 0 Å². The zero-order valence-electron chi connectivity index (χ0n) is 11.6. The van der Waals surface area contributed by atoms with Gasteiger partial charge in [0.25, 0.3) is 0 Å². The van der Waals surface area contributed by atoms with Gasteiger partial charge in [0.1, 0.15) is 0 Å². The molecule has 1 aliphatic heterocycles. The van der Waals surface area contributed by atoms with Crippen LogP contribution in [0.25, 0.3) is 0 Å². The van der Waals surface area contributed by atoms with Gasteiger partial charge in [0.05, 0.1) is 16.4 Å². The van der Waals surface area contributed by atoms with E-state index in [9.17, 15) is 0 Å². The molecule has 0 bridgehead atoms. The summed E-state index contributed by atoms with van der Waals surface area (Å²) in [4.78, 5) is 4.45. The van der Waals surface area contributed by atoms with E-state index in [0.717, 1.165) is 22.9 Å². The first-order valence-corrected chi connectivity index (χ1v) is 6.79. The molecular formula is C14H22ClN3. The Bertz CT molecular complexity index is 410. The van der Waals surface area contributed by atoms with Crippen molar-refractivity contribution in [2.24, 2.45) is 0 Å². The molecule has 18 heavy (non-hydrogen) atoms. The van der Waals surface area contributed by atoms with Gasteiger partial charge in [-0.25, -0.2) is 0 Å². The number of likely N-dealkylation sites (tertiary alicyclic amines) is 1. The first kappa shape index (κ1) is 13.5. The van der Waals surface area contributed by atoms with Crippen LogP contribution in [0.4, 0.5) is 11.4 Å². The number of benzene rings is 1. The van der Waals surface area contributed by atoms with E-state index in [1.165, 1.54) is 6.42 Å². The molecule has 0 aromatic heterocycles. The molecule has 2 rings (SSSR count). The largest absolute Gasteiger partial charge is 0.379 e. The molecule has 100 valence electrons. The van der Waals surface area contributed by atoms with Gasteiger partial charge < -0.3 is 15.1 Å². The minimum absolute atomic E-state index is 0.502. The summed E-state index contributed by atoms with van der Waals surface area (Å²) in [5, 5.41) is 4.42. The van der Waals surface area contributed by atoms with Crippen LogP contribution in [0.3, 0.4) is 0 Å². The fraction of sp³-hybridized carbons (Fsp3) is 0.571. The van der Waals surface area contributed by atoms with Gasteiger partial charge in [-0.2, -0.15) is 0 Å². The maximum Gasteiger partial charge on any atom is 0.0786 e. The molecule has 0 radical (unpaired) electrons. The molecule has 1 fully saturated rings. The third-order valence-corrected chi connectivity index (χ3v) is 3.99. The first-order valence-electron chi connectivity index (χ1n) is 6.41. The van der Waals surface area contributed by atoms with Crippen molar-refractivity contribution < 1.29 is 0 Å². The lowest BCUT2D eigenvalue weighted by molar-refractivity contribution is 0.330. The number of hydrogen-bond donors (Lipinski definition) is 1. The van der Waals surface area contributed by atoms with Crippen molar-refractivity contribution >= 4 is 23.0 Å². The maximum atomic E-state index is 6.28. The second kappa shape index (κ2) is 5.37. The molecule has 1 saturated heterocycles. The van der Waals surface area contributed by atoms with Crippen molar-refractivity contribution in [3.8, 4) is 0 Å². The van der Waals surface area contributed by atoms with Gasteiger partial charge >= 0.3 is 0 Å². The average Bonchev–Trinajstić information content (AvgIpc) is 2.57. The monoisotopic (exact) mass is 267 g/mol. The zero-order chi connectivity index (χ0) is 13.3. The normalized spacial score (nSPS) is 24.3. The van der Waals surface area contributed by atoms with E-state index in [4.69, 9.17) is 11.6 Å². The molecule has 1 aromatic carbocycles. The van der Waals surface area contributed by atoms with Crippen LogP contribution in [0.15, 0.2) is 18.2 Å². The third-order valence-electron chi connectivity index (χ3n) is 3.68. The van der Waals surface area contributed by atoms with Crippen molar-refractivity contribution in [3.05, 3.63) is 23.2 Å². The molecule has 1 heterocycles. The van der Waals surface area contributed by atoms with Crippen LogP contribution in [-0.2, 0) is 0 Å². The minimum Gasteiger partial charge on any atom is -0.379 e. The molecule has 0 amide bonds. The van der Waals surface area contributed by atoms with E-state index in [1.54, 1.807) is 0 Å². The maximum absolute atomic E-state index is 6.28. The second-order valence-electron chi connectivity index (χ2n) is 5.40. The first-order chi connectivity index (χ1) is 8.49. The molecule has 0 saturated carbocycles. The van der Waals surface area contributed by atoms with Crippen LogP contribution < -0.4 is 10.2 Å². The molecule has 2 atom stereocenters. The van der Waals surface area contributed by atoms with Crippen molar-refractivity contribution in [1.82, 2.24) is 4.90 Å². The topological polar surface area (TPSA) is 18.5 Å². The van der Waals surface area contributed by atoms with E-state index < -0.39 is 0 Å². The predicted octanol–water partition coefficient (Wildman–Crippen LogP) is 2.91. The summed E-state index contributed by atoms with van der Waals surface area (Å²) in [6.45, 7) is 3.35. The zero-order valence-corrected chi connectivity index (χ0v) is 12.3. The van der Waals surface area contributed by atoms with Crippen LogP contribution in [0.1, 0.15) is 13.3 Å². The summed E-state index contributed by atoms with van der Waals surface area (Å²) in [6, 6.07) is 7.18. The Morgan fingerprint density at radius 2 is 2.11 bits per heavy atom. The van der Waals surface area contributed by atoms with E-state index in [1.807, 2.05) is 26.2 Å². The molecule has 1 aliphatic rings. The molecule has 2 unspecified atom stereocenters. The lowest BCUT2D eigenvalue weighted by Gasteiger charge is -2.22. The Hall–Kier alpha value is -0.930. The second-order valence-corrected chi connectivity index (χ2v) is 5.80. The van der Waals surface area contributed by atoms with E-state index in [2.05, 4.69) is 35.2 Å². The molecule has 4 heteroatoms. The van der Waals surface area contributed by atoms with Crippen LogP contribution >= 0.6 is 11.6 Å². The highest BCUT2D eigenvalue weighted by atomic mass is 35.5. The summed E-state index contributed by atoms with van der Waals surface area (Å²) in [7, 11) is 6.22. The predicted molar refractivity (Wildman–Crippen MR) is 79.9 cm³/mol. The van der Waals surface area contributed by atoms with Crippen molar-refractivity contribution in [3.63, 3.8) is 0 Å². The summed E-state index contributed by atoms with van der Waals surface area (Å²) in [5.74, 6) is 0. The number of rotatable bonds is 3. The van der Waals surface area contributed by atoms with Crippen molar-refractivity contribution in [2.45, 2.75) is 25.4 Å². The van der Waals surface area contributed by atoms with Crippen LogP contribution in [0.2, 0.25) is 5.02 Å². The fourth-order valence-corrected chi connectivity index (χ4v) is 2.95. The minimum atomic E-state index is 0.502. The van der Waals surface area contributed by atoms with Crippen LogP contribution in [0.5, 0.6) is 0 Å². The number of anilines is 2. The molecule has 3 nitrogen and oxygen atoms in total. The fourth-order valence-electron chi connectivity index (χ4n) is 2.60. The third kappa shape index (κ3) is 2.73. The molecular weight excluding hydrogens is 246 g/mol. The number of halogens is 1. The van der Waals surface area contributed by atoms with Crippen LogP contribution in [0, 0.1) is 0 Å². The SMILES string of the molecule is CC1CC(Nc2cccc(Cl)c2N(C)C)CN1C. The quantitative estimate of drug-likeness (QED) is 0.909. The molecule has 1 aromatic rings. The van der Waals surface area contributed by atoms with Gasteiger partial charge in [-0.1, -0.05) is 17.7 Å². The highest BCUT2D eigenvalue weighted by Crippen LogP contribution is 2.33. The Kier molecular flexibility index (Phi) is 4.03. The smallest absolute Gasteiger partial charge is 0.0786 e. The van der Waals surface area contributed by atoms with Gasteiger partial charge in [0, 0.05) is 32.7 Å². The van der Waals surface area contributed by atoms with E-state index >= 15 is 0 Å². The average molecular weight is 268 g/mol. The number of hydrogen-bond acceptors (Lipinski definition) is 3. The summed E-state index contributed by atoms with van der Waals surface area (Å²) in [5.41, 5.74) is 2.20.